The van der Waals surface area contributed by atoms with E-state index in [9.17, 15) is 10.2 Å². The van der Waals surface area contributed by atoms with Gasteiger partial charge in [-0.25, -0.2) is 0 Å². The standard InChI is InChI=1S/C22H36O2/c1-3-21-14-19(8-9-20(15-23)16-24)11-13-22(21)12-10-18-6-4-17(2)5-7-18/h11,13-14,17-18,20,23-24H,3-10,12,15-16H2,1-2H3. The molecule has 1 aromatic rings. The largest absolute Gasteiger partial charge is 0.396 e. The van der Waals surface area contributed by atoms with Crippen LogP contribution in [-0.2, 0) is 19.3 Å². The highest BCUT2D eigenvalue weighted by Gasteiger charge is 2.18. The van der Waals surface area contributed by atoms with Crippen molar-refractivity contribution in [2.45, 2.75) is 71.6 Å². The molecule has 0 aliphatic heterocycles. The van der Waals surface area contributed by atoms with E-state index in [2.05, 4.69) is 32.0 Å². The maximum Gasteiger partial charge on any atom is 0.0481 e. The van der Waals surface area contributed by atoms with Gasteiger partial charge in [-0.05, 0) is 60.6 Å². The molecule has 1 fully saturated rings. The molecule has 0 unspecified atom stereocenters. The Balaban J connectivity index is 1.88. The second-order valence-corrected chi connectivity index (χ2v) is 7.89. The number of aryl methyl sites for hydroxylation is 3. The minimum Gasteiger partial charge on any atom is -0.396 e. The summed E-state index contributed by atoms with van der Waals surface area (Å²) in [6.45, 7) is 4.79. The Bertz CT molecular complexity index is 471. The van der Waals surface area contributed by atoms with Crippen molar-refractivity contribution in [1.82, 2.24) is 0 Å². The number of aliphatic hydroxyl groups is 2. The van der Waals surface area contributed by atoms with Gasteiger partial charge < -0.3 is 10.2 Å². The average Bonchev–Trinajstić information content (AvgIpc) is 2.62. The zero-order chi connectivity index (χ0) is 17.4. The predicted molar refractivity (Wildman–Crippen MR) is 101 cm³/mol. The van der Waals surface area contributed by atoms with E-state index in [0.717, 1.165) is 31.1 Å². The third-order valence-electron chi connectivity index (χ3n) is 5.97. The molecule has 0 spiro atoms. The molecule has 0 amide bonds. The van der Waals surface area contributed by atoms with Crippen LogP contribution in [0.25, 0.3) is 0 Å². The molecule has 136 valence electrons. The molecule has 1 aliphatic carbocycles. The van der Waals surface area contributed by atoms with Gasteiger partial charge in [0, 0.05) is 19.1 Å². The summed E-state index contributed by atoms with van der Waals surface area (Å²) >= 11 is 0. The summed E-state index contributed by atoms with van der Waals surface area (Å²) in [6, 6.07) is 6.93. The minimum atomic E-state index is 0.0171. The van der Waals surface area contributed by atoms with Crippen LogP contribution in [0.15, 0.2) is 18.2 Å². The molecule has 1 saturated carbocycles. The highest BCUT2D eigenvalue weighted by atomic mass is 16.3. The molecule has 2 N–H and O–H groups in total. The molecule has 0 radical (unpaired) electrons. The van der Waals surface area contributed by atoms with E-state index in [4.69, 9.17) is 0 Å². The lowest BCUT2D eigenvalue weighted by Crippen LogP contribution is -2.13. The van der Waals surface area contributed by atoms with Crippen molar-refractivity contribution in [2.24, 2.45) is 17.8 Å². The molecule has 1 aromatic carbocycles. The SMILES string of the molecule is CCc1cc(CCC(CO)CO)ccc1CCC1CCC(C)CC1. The quantitative estimate of drug-likeness (QED) is 0.697. The van der Waals surface area contributed by atoms with E-state index >= 15 is 0 Å². The van der Waals surface area contributed by atoms with E-state index in [0.29, 0.717) is 0 Å². The van der Waals surface area contributed by atoms with Crippen LogP contribution in [0.3, 0.4) is 0 Å². The fraction of sp³-hybridized carbons (Fsp3) is 0.727. The summed E-state index contributed by atoms with van der Waals surface area (Å²) in [5.41, 5.74) is 4.36. The fourth-order valence-electron chi connectivity index (χ4n) is 4.00. The summed E-state index contributed by atoms with van der Waals surface area (Å²) in [6.07, 6.45) is 11.1. The van der Waals surface area contributed by atoms with E-state index in [1.165, 1.54) is 55.2 Å². The maximum absolute atomic E-state index is 9.20. The van der Waals surface area contributed by atoms with E-state index in [1.54, 1.807) is 0 Å². The zero-order valence-corrected chi connectivity index (χ0v) is 15.6. The minimum absolute atomic E-state index is 0.0171. The number of hydrogen-bond donors (Lipinski definition) is 2. The van der Waals surface area contributed by atoms with Crippen LogP contribution < -0.4 is 0 Å². The first-order valence-electron chi connectivity index (χ1n) is 9.98. The summed E-state index contributed by atoms with van der Waals surface area (Å²) in [4.78, 5) is 0. The van der Waals surface area contributed by atoms with Gasteiger partial charge in [-0.2, -0.15) is 0 Å². The van der Waals surface area contributed by atoms with Gasteiger partial charge in [0.2, 0.25) is 0 Å². The van der Waals surface area contributed by atoms with Crippen molar-refractivity contribution < 1.29 is 10.2 Å². The molecule has 2 heteroatoms. The van der Waals surface area contributed by atoms with Crippen LogP contribution in [0.1, 0.15) is 69.1 Å². The Hall–Kier alpha value is -0.860. The third-order valence-corrected chi connectivity index (χ3v) is 5.97. The van der Waals surface area contributed by atoms with Gasteiger partial charge in [0.15, 0.2) is 0 Å². The highest BCUT2D eigenvalue weighted by Crippen LogP contribution is 2.31. The van der Waals surface area contributed by atoms with Crippen molar-refractivity contribution in [3.8, 4) is 0 Å². The summed E-state index contributed by atoms with van der Waals surface area (Å²) in [7, 11) is 0. The van der Waals surface area contributed by atoms with Crippen LogP contribution >= 0.6 is 0 Å². The number of hydrogen-bond acceptors (Lipinski definition) is 2. The number of rotatable bonds is 9. The molecule has 0 atom stereocenters. The second-order valence-electron chi connectivity index (χ2n) is 7.89. The van der Waals surface area contributed by atoms with Crippen LogP contribution in [-0.4, -0.2) is 23.4 Å². The highest BCUT2D eigenvalue weighted by molar-refractivity contribution is 5.32. The van der Waals surface area contributed by atoms with E-state index in [1.807, 2.05) is 0 Å². The average molecular weight is 333 g/mol. The maximum atomic E-state index is 9.20. The van der Waals surface area contributed by atoms with Crippen LogP contribution in [0.2, 0.25) is 0 Å². The summed E-state index contributed by atoms with van der Waals surface area (Å²) in [5, 5.41) is 18.4. The lowest BCUT2D eigenvalue weighted by Gasteiger charge is -2.26. The molecule has 2 nitrogen and oxygen atoms in total. The molecule has 0 aromatic heterocycles. The first-order valence-corrected chi connectivity index (χ1v) is 9.98. The normalized spacial score (nSPS) is 21.4. The topological polar surface area (TPSA) is 40.5 Å². The Morgan fingerprint density at radius 3 is 2.33 bits per heavy atom. The smallest absolute Gasteiger partial charge is 0.0481 e. The van der Waals surface area contributed by atoms with Crippen LogP contribution in [0.4, 0.5) is 0 Å². The Morgan fingerprint density at radius 1 is 1.00 bits per heavy atom. The predicted octanol–water partition coefficient (Wildman–Crippen LogP) is 4.54. The Kier molecular flexibility index (Phi) is 8.28. The van der Waals surface area contributed by atoms with Crippen molar-refractivity contribution in [2.75, 3.05) is 13.2 Å². The third kappa shape index (κ3) is 5.89. The molecule has 0 saturated heterocycles. The van der Waals surface area contributed by atoms with Crippen LogP contribution in [0.5, 0.6) is 0 Å². The van der Waals surface area contributed by atoms with Crippen molar-refractivity contribution in [3.05, 3.63) is 34.9 Å². The Labute approximate surface area is 148 Å². The molecular formula is C22H36O2. The van der Waals surface area contributed by atoms with Gasteiger partial charge in [-0.1, -0.05) is 57.7 Å². The second kappa shape index (κ2) is 10.2. The van der Waals surface area contributed by atoms with E-state index in [-0.39, 0.29) is 19.1 Å². The Morgan fingerprint density at radius 2 is 1.71 bits per heavy atom. The lowest BCUT2D eigenvalue weighted by atomic mass is 9.80. The summed E-state index contributed by atoms with van der Waals surface area (Å²) in [5.74, 6) is 1.89. The van der Waals surface area contributed by atoms with Crippen molar-refractivity contribution in [1.29, 1.82) is 0 Å². The molecular weight excluding hydrogens is 296 g/mol. The number of aliphatic hydroxyl groups excluding tert-OH is 2. The summed E-state index contributed by atoms with van der Waals surface area (Å²) < 4.78 is 0. The monoisotopic (exact) mass is 332 g/mol. The van der Waals surface area contributed by atoms with Crippen molar-refractivity contribution in [3.63, 3.8) is 0 Å². The molecule has 2 rings (SSSR count). The van der Waals surface area contributed by atoms with Gasteiger partial charge >= 0.3 is 0 Å². The molecule has 0 bridgehead atoms. The molecule has 24 heavy (non-hydrogen) atoms. The van der Waals surface area contributed by atoms with Gasteiger partial charge in [0.1, 0.15) is 0 Å². The van der Waals surface area contributed by atoms with Gasteiger partial charge in [0.05, 0.1) is 0 Å². The molecule has 0 heterocycles. The first-order chi connectivity index (χ1) is 11.7. The lowest BCUT2D eigenvalue weighted by molar-refractivity contribution is 0.144. The fourth-order valence-corrected chi connectivity index (χ4v) is 4.00. The van der Waals surface area contributed by atoms with Gasteiger partial charge in [-0.3, -0.25) is 0 Å². The number of benzene rings is 1. The zero-order valence-electron chi connectivity index (χ0n) is 15.6. The van der Waals surface area contributed by atoms with Crippen molar-refractivity contribution >= 4 is 0 Å². The van der Waals surface area contributed by atoms with Gasteiger partial charge in [-0.15, -0.1) is 0 Å². The molecule has 1 aliphatic rings. The first kappa shape index (κ1) is 19.5. The van der Waals surface area contributed by atoms with Crippen LogP contribution in [0, 0.1) is 17.8 Å². The van der Waals surface area contributed by atoms with E-state index < -0.39 is 0 Å². The van der Waals surface area contributed by atoms with Gasteiger partial charge in [0.25, 0.3) is 0 Å².